The fourth-order valence-electron chi connectivity index (χ4n) is 0.620. The topological polar surface area (TPSA) is 38.3 Å². The Morgan fingerprint density at radius 1 is 1.73 bits per heavy atom. The molecule has 0 aliphatic rings. The van der Waals surface area contributed by atoms with Crippen LogP contribution < -0.4 is 5.32 Å². The van der Waals surface area contributed by atoms with Crippen molar-refractivity contribution in [2.75, 3.05) is 20.2 Å². The number of esters is 1. The van der Waals surface area contributed by atoms with E-state index in [1.165, 1.54) is 7.11 Å². The molecule has 0 fully saturated rings. The van der Waals surface area contributed by atoms with E-state index in [1.807, 2.05) is 0 Å². The van der Waals surface area contributed by atoms with Gasteiger partial charge in [-0.05, 0) is 13.0 Å². The van der Waals surface area contributed by atoms with Crippen molar-refractivity contribution in [1.29, 1.82) is 0 Å². The van der Waals surface area contributed by atoms with Crippen LogP contribution in [0.2, 0.25) is 0 Å². The largest absolute Gasteiger partial charge is 0.469 e. The Morgan fingerprint density at radius 3 is 3.00 bits per heavy atom. The monoisotopic (exact) mass is 155 g/mol. The minimum atomic E-state index is -0.174. The summed E-state index contributed by atoms with van der Waals surface area (Å²) in [7, 11) is 1.39. The van der Waals surface area contributed by atoms with Crippen LogP contribution in [0.25, 0.3) is 0 Å². The lowest BCUT2D eigenvalue weighted by molar-refractivity contribution is -0.140. The van der Waals surface area contributed by atoms with Crippen molar-refractivity contribution in [3.8, 4) is 12.3 Å². The van der Waals surface area contributed by atoms with Gasteiger partial charge in [-0.1, -0.05) is 5.92 Å². The van der Waals surface area contributed by atoms with E-state index in [2.05, 4.69) is 16.0 Å². The highest BCUT2D eigenvalue weighted by Crippen LogP contribution is 1.88. The maximum atomic E-state index is 10.6. The second-order valence-electron chi connectivity index (χ2n) is 2.06. The number of terminal acetylenes is 1. The summed E-state index contributed by atoms with van der Waals surface area (Å²) < 4.78 is 4.45. The van der Waals surface area contributed by atoms with E-state index < -0.39 is 0 Å². The minimum absolute atomic E-state index is 0.174. The van der Waals surface area contributed by atoms with Crippen molar-refractivity contribution >= 4 is 5.97 Å². The van der Waals surface area contributed by atoms with Gasteiger partial charge in [0.05, 0.1) is 13.7 Å². The van der Waals surface area contributed by atoms with Crippen molar-refractivity contribution in [3.63, 3.8) is 0 Å². The smallest absolute Gasteiger partial charge is 0.305 e. The number of carbonyl (C=O) groups is 1. The molecular formula is C8H13NO2. The maximum Gasteiger partial charge on any atom is 0.305 e. The number of methoxy groups -OCH3 is 1. The van der Waals surface area contributed by atoms with E-state index in [0.717, 1.165) is 13.0 Å². The minimum Gasteiger partial charge on any atom is -0.469 e. The Hall–Kier alpha value is -1.01. The predicted molar refractivity (Wildman–Crippen MR) is 43.0 cm³/mol. The summed E-state index contributed by atoms with van der Waals surface area (Å²) in [6, 6.07) is 0. The van der Waals surface area contributed by atoms with Gasteiger partial charge in [0, 0.05) is 6.42 Å². The summed E-state index contributed by atoms with van der Waals surface area (Å²) in [4.78, 5) is 10.6. The van der Waals surface area contributed by atoms with Gasteiger partial charge in [0.25, 0.3) is 0 Å². The van der Waals surface area contributed by atoms with Gasteiger partial charge in [-0.2, -0.15) is 0 Å². The SMILES string of the molecule is C#CCNCCCC(=O)OC. The molecule has 1 N–H and O–H groups in total. The number of nitrogens with one attached hydrogen (secondary N) is 1. The van der Waals surface area contributed by atoms with Crippen LogP contribution in [-0.2, 0) is 9.53 Å². The highest BCUT2D eigenvalue weighted by atomic mass is 16.5. The van der Waals surface area contributed by atoms with Gasteiger partial charge in [0.15, 0.2) is 0 Å². The van der Waals surface area contributed by atoms with Gasteiger partial charge >= 0.3 is 5.97 Å². The third-order valence-electron chi connectivity index (χ3n) is 1.19. The number of carbonyl (C=O) groups excluding carboxylic acids is 1. The van der Waals surface area contributed by atoms with Crippen LogP contribution in [0.5, 0.6) is 0 Å². The van der Waals surface area contributed by atoms with E-state index in [4.69, 9.17) is 6.42 Å². The molecule has 0 aliphatic heterocycles. The lowest BCUT2D eigenvalue weighted by atomic mass is 10.3. The lowest BCUT2D eigenvalue weighted by Gasteiger charge is -1.99. The number of hydrogen-bond acceptors (Lipinski definition) is 3. The van der Waals surface area contributed by atoms with Gasteiger partial charge < -0.3 is 10.1 Å². The Labute approximate surface area is 67.1 Å². The predicted octanol–water partition coefficient (Wildman–Crippen LogP) is 0.162. The first kappa shape index (κ1) is 9.99. The quantitative estimate of drug-likeness (QED) is 0.349. The summed E-state index contributed by atoms with van der Waals surface area (Å²) in [5, 5.41) is 2.97. The van der Waals surface area contributed by atoms with Crippen molar-refractivity contribution in [3.05, 3.63) is 0 Å². The molecular weight excluding hydrogens is 142 g/mol. The van der Waals surface area contributed by atoms with E-state index in [-0.39, 0.29) is 5.97 Å². The van der Waals surface area contributed by atoms with Gasteiger partial charge in [-0.25, -0.2) is 0 Å². The Balaban J connectivity index is 3.03. The molecule has 0 aromatic rings. The Kier molecular flexibility index (Phi) is 6.45. The van der Waals surface area contributed by atoms with Gasteiger partial charge in [0.2, 0.25) is 0 Å². The van der Waals surface area contributed by atoms with Crippen LogP contribution in [0.1, 0.15) is 12.8 Å². The third-order valence-corrected chi connectivity index (χ3v) is 1.19. The van der Waals surface area contributed by atoms with E-state index in [9.17, 15) is 4.79 Å². The molecule has 0 amide bonds. The fraction of sp³-hybridized carbons (Fsp3) is 0.625. The van der Waals surface area contributed by atoms with Crippen LogP contribution >= 0.6 is 0 Å². The molecule has 62 valence electrons. The number of hydrogen-bond donors (Lipinski definition) is 1. The van der Waals surface area contributed by atoms with Crippen LogP contribution in [0.4, 0.5) is 0 Å². The molecule has 0 rings (SSSR count). The first-order valence-corrected chi connectivity index (χ1v) is 3.52. The summed E-state index contributed by atoms with van der Waals surface area (Å²) in [6.45, 7) is 1.32. The van der Waals surface area contributed by atoms with E-state index in [0.29, 0.717) is 13.0 Å². The second kappa shape index (κ2) is 7.10. The zero-order valence-corrected chi connectivity index (χ0v) is 6.72. The molecule has 0 radical (unpaired) electrons. The van der Waals surface area contributed by atoms with E-state index >= 15 is 0 Å². The lowest BCUT2D eigenvalue weighted by Crippen LogP contribution is -2.16. The first-order valence-electron chi connectivity index (χ1n) is 3.52. The summed E-state index contributed by atoms with van der Waals surface area (Å²) in [5.41, 5.74) is 0. The highest BCUT2D eigenvalue weighted by molar-refractivity contribution is 5.68. The maximum absolute atomic E-state index is 10.6. The molecule has 0 aromatic carbocycles. The van der Waals surface area contributed by atoms with Crippen LogP contribution in [0.3, 0.4) is 0 Å². The molecule has 11 heavy (non-hydrogen) atoms. The van der Waals surface area contributed by atoms with Gasteiger partial charge in [0.1, 0.15) is 0 Å². The molecule has 0 saturated heterocycles. The molecule has 0 atom stereocenters. The van der Waals surface area contributed by atoms with Crippen molar-refractivity contribution in [2.24, 2.45) is 0 Å². The Bertz CT molecular complexity index is 149. The molecule has 0 bridgehead atoms. The second-order valence-corrected chi connectivity index (χ2v) is 2.06. The first-order chi connectivity index (χ1) is 5.31. The highest BCUT2D eigenvalue weighted by Gasteiger charge is 1.97. The molecule has 0 aliphatic carbocycles. The molecule has 0 heterocycles. The van der Waals surface area contributed by atoms with Crippen molar-refractivity contribution in [2.45, 2.75) is 12.8 Å². The van der Waals surface area contributed by atoms with Crippen molar-refractivity contribution < 1.29 is 9.53 Å². The van der Waals surface area contributed by atoms with Gasteiger partial charge in [-0.15, -0.1) is 6.42 Å². The summed E-state index contributed by atoms with van der Waals surface area (Å²) in [6.07, 6.45) is 6.22. The molecule has 0 unspecified atom stereocenters. The Morgan fingerprint density at radius 2 is 2.45 bits per heavy atom. The van der Waals surface area contributed by atoms with Crippen LogP contribution in [0.15, 0.2) is 0 Å². The molecule has 0 spiro atoms. The average Bonchev–Trinajstić information content (AvgIpc) is 2.04. The average molecular weight is 155 g/mol. The van der Waals surface area contributed by atoms with Crippen LogP contribution in [-0.4, -0.2) is 26.2 Å². The summed E-state index contributed by atoms with van der Waals surface area (Å²) in [5.74, 6) is 2.27. The third kappa shape index (κ3) is 6.88. The number of rotatable bonds is 5. The van der Waals surface area contributed by atoms with E-state index in [1.54, 1.807) is 0 Å². The van der Waals surface area contributed by atoms with Crippen molar-refractivity contribution in [1.82, 2.24) is 5.32 Å². The zero-order valence-electron chi connectivity index (χ0n) is 6.72. The molecule has 3 heteroatoms. The molecule has 0 aromatic heterocycles. The van der Waals surface area contributed by atoms with Gasteiger partial charge in [-0.3, -0.25) is 4.79 Å². The zero-order chi connectivity index (χ0) is 8.53. The molecule has 3 nitrogen and oxygen atoms in total. The number of ether oxygens (including phenoxy) is 1. The summed E-state index contributed by atoms with van der Waals surface area (Å²) >= 11 is 0. The normalized spacial score (nSPS) is 8.73. The molecule has 0 saturated carbocycles. The van der Waals surface area contributed by atoms with Crippen LogP contribution in [0, 0.1) is 12.3 Å². The standard InChI is InChI=1S/C8H13NO2/c1-3-6-9-7-4-5-8(10)11-2/h1,9H,4-7H2,2H3. The fourth-order valence-corrected chi connectivity index (χ4v) is 0.620.